The van der Waals surface area contributed by atoms with Crippen molar-refractivity contribution >= 4 is 31.8 Å². The van der Waals surface area contributed by atoms with Crippen LogP contribution >= 0.6 is 15.9 Å². The second-order valence-corrected chi connectivity index (χ2v) is 9.44. The molecule has 4 rings (SSSR count). The molecule has 31 heavy (non-hydrogen) atoms. The normalized spacial score (nSPS) is 11.6. The van der Waals surface area contributed by atoms with Gasteiger partial charge in [-0.2, -0.15) is 10.2 Å². The van der Waals surface area contributed by atoms with Gasteiger partial charge < -0.3 is 0 Å². The molecule has 0 atom stereocenters. The number of nitrogens with one attached hydrogen (secondary N) is 1. The largest absolute Gasteiger partial charge is 0.266 e. The molecule has 2 heterocycles. The van der Waals surface area contributed by atoms with Gasteiger partial charge in [0.1, 0.15) is 10.7 Å². The molecule has 2 aromatic heterocycles. The van der Waals surface area contributed by atoms with Gasteiger partial charge in [0.05, 0.1) is 28.1 Å². The SMILES string of the molecule is Cc1nn(-c2ccccc2)c(C)c1S(=O)(=O)Nc1nn(Cc2ccccc2F)cc1Br. The molecule has 1 N–H and O–H groups in total. The number of para-hydroxylation sites is 1. The summed E-state index contributed by atoms with van der Waals surface area (Å²) in [7, 11) is -3.97. The summed E-state index contributed by atoms with van der Waals surface area (Å²) in [6, 6.07) is 15.7. The van der Waals surface area contributed by atoms with E-state index < -0.39 is 10.0 Å². The van der Waals surface area contributed by atoms with Gasteiger partial charge in [-0.1, -0.05) is 36.4 Å². The Labute approximate surface area is 187 Å². The summed E-state index contributed by atoms with van der Waals surface area (Å²) in [6.07, 6.45) is 1.59. The number of hydrogen-bond donors (Lipinski definition) is 1. The molecule has 0 unspecified atom stereocenters. The van der Waals surface area contributed by atoms with Gasteiger partial charge in [-0.15, -0.1) is 0 Å². The number of aromatic nitrogens is 4. The third-order valence-electron chi connectivity index (χ3n) is 4.73. The maximum atomic E-state index is 13.9. The van der Waals surface area contributed by atoms with E-state index >= 15 is 0 Å². The Kier molecular flexibility index (Phi) is 5.67. The summed E-state index contributed by atoms with van der Waals surface area (Å²) in [5, 5.41) is 8.67. The van der Waals surface area contributed by atoms with Crippen molar-refractivity contribution in [2.24, 2.45) is 0 Å². The predicted octanol–water partition coefficient (Wildman–Crippen LogP) is 4.44. The third-order valence-corrected chi connectivity index (χ3v) is 6.90. The standard InChI is InChI=1S/C21H19BrFN5O2S/c1-14-20(15(2)28(24-14)17-9-4-3-5-10-17)31(29,30)26-21-18(22)13-27(25-21)12-16-8-6-7-11-19(16)23/h3-11,13H,12H2,1-2H3,(H,25,26). The molecule has 0 bridgehead atoms. The van der Waals surface area contributed by atoms with Gasteiger partial charge in [0, 0.05) is 11.8 Å². The Morgan fingerprint density at radius 2 is 1.71 bits per heavy atom. The lowest BCUT2D eigenvalue weighted by Crippen LogP contribution is -2.16. The van der Waals surface area contributed by atoms with Crippen LogP contribution in [0.25, 0.3) is 5.69 Å². The van der Waals surface area contributed by atoms with Crippen molar-refractivity contribution in [1.29, 1.82) is 0 Å². The minimum atomic E-state index is -3.97. The number of nitrogens with zero attached hydrogens (tertiary/aromatic N) is 4. The van der Waals surface area contributed by atoms with Crippen LogP contribution in [0.1, 0.15) is 17.0 Å². The highest BCUT2D eigenvalue weighted by molar-refractivity contribution is 9.10. The quantitative estimate of drug-likeness (QED) is 0.421. The minimum absolute atomic E-state index is 0.0897. The highest BCUT2D eigenvalue weighted by Gasteiger charge is 2.27. The molecule has 0 spiro atoms. The average molecular weight is 504 g/mol. The molecule has 0 fully saturated rings. The fraction of sp³-hybridized carbons (Fsp3) is 0.143. The number of benzene rings is 2. The minimum Gasteiger partial charge on any atom is -0.265 e. The van der Waals surface area contributed by atoms with E-state index in [0.29, 0.717) is 21.4 Å². The van der Waals surface area contributed by atoms with E-state index in [1.165, 1.54) is 10.7 Å². The van der Waals surface area contributed by atoms with E-state index in [1.807, 2.05) is 30.3 Å². The van der Waals surface area contributed by atoms with Gasteiger partial charge in [-0.25, -0.2) is 17.5 Å². The zero-order valence-corrected chi connectivity index (χ0v) is 19.2. The fourth-order valence-electron chi connectivity index (χ4n) is 3.36. The van der Waals surface area contributed by atoms with Crippen LogP contribution in [0.4, 0.5) is 10.2 Å². The summed E-state index contributed by atoms with van der Waals surface area (Å²) in [5.41, 5.74) is 2.07. The van der Waals surface area contributed by atoms with E-state index in [4.69, 9.17) is 0 Å². The average Bonchev–Trinajstić information content (AvgIpc) is 3.22. The van der Waals surface area contributed by atoms with Crippen LogP contribution in [-0.4, -0.2) is 28.0 Å². The Morgan fingerprint density at radius 1 is 1.03 bits per heavy atom. The van der Waals surface area contributed by atoms with Crippen molar-refractivity contribution < 1.29 is 12.8 Å². The first-order valence-electron chi connectivity index (χ1n) is 9.37. The highest BCUT2D eigenvalue weighted by atomic mass is 79.9. The monoisotopic (exact) mass is 503 g/mol. The Morgan fingerprint density at radius 3 is 2.42 bits per heavy atom. The summed E-state index contributed by atoms with van der Waals surface area (Å²) >= 11 is 3.33. The first-order valence-corrected chi connectivity index (χ1v) is 11.6. The molecule has 4 aromatic rings. The van der Waals surface area contributed by atoms with Gasteiger partial charge in [0.15, 0.2) is 5.82 Å². The van der Waals surface area contributed by atoms with Crippen molar-refractivity contribution in [2.75, 3.05) is 4.72 Å². The maximum Gasteiger partial charge on any atom is 0.266 e. The van der Waals surface area contributed by atoms with E-state index in [1.54, 1.807) is 42.9 Å². The van der Waals surface area contributed by atoms with Crippen LogP contribution in [0.2, 0.25) is 0 Å². The highest BCUT2D eigenvalue weighted by Crippen LogP contribution is 2.28. The zero-order chi connectivity index (χ0) is 22.2. The summed E-state index contributed by atoms with van der Waals surface area (Å²) in [4.78, 5) is 0.0897. The van der Waals surface area contributed by atoms with Crippen molar-refractivity contribution in [3.05, 3.63) is 88.0 Å². The number of anilines is 1. The zero-order valence-electron chi connectivity index (χ0n) is 16.8. The number of sulfonamides is 1. The lowest BCUT2D eigenvalue weighted by molar-refractivity contribution is 0.585. The summed E-state index contributed by atoms with van der Waals surface area (Å²) in [6.45, 7) is 3.51. The molecule has 0 amide bonds. The lowest BCUT2D eigenvalue weighted by Gasteiger charge is -2.08. The van der Waals surface area contributed by atoms with Crippen molar-refractivity contribution in [3.63, 3.8) is 0 Å². The van der Waals surface area contributed by atoms with Crippen molar-refractivity contribution in [1.82, 2.24) is 19.6 Å². The molecule has 0 saturated heterocycles. The Bertz CT molecular complexity index is 1350. The van der Waals surface area contributed by atoms with Crippen LogP contribution < -0.4 is 4.72 Å². The molecule has 2 aromatic carbocycles. The first-order chi connectivity index (χ1) is 14.8. The van der Waals surface area contributed by atoms with E-state index in [9.17, 15) is 12.8 Å². The molecule has 0 aliphatic heterocycles. The van der Waals surface area contributed by atoms with Crippen molar-refractivity contribution in [2.45, 2.75) is 25.3 Å². The number of aryl methyl sites for hydroxylation is 1. The van der Waals surface area contributed by atoms with Gasteiger partial charge in [0.2, 0.25) is 0 Å². The molecule has 7 nitrogen and oxygen atoms in total. The first kappa shape index (κ1) is 21.3. The molecule has 160 valence electrons. The molecular formula is C21H19BrFN5O2S. The van der Waals surface area contributed by atoms with Gasteiger partial charge in [-0.3, -0.25) is 9.40 Å². The van der Waals surface area contributed by atoms with Crippen LogP contribution in [0, 0.1) is 19.7 Å². The van der Waals surface area contributed by atoms with Gasteiger partial charge >= 0.3 is 0 Å². The predicted molar refractivity (Wildman–Crippen MR) is 119 cm³/mol. The second-order valence-electron chi connectivity index (χ2n) is 6.97. The van der Waals surface area contributed by atoms with Crippen LogP contribution in [0.3, 0.4) is 0 Å². The van der Waals surface area contributed by atoms with Crippen LogP contribution in [0.15, 0.2) is 70.2 Å². The molecule has 0 aliphatic carbocycles. The molecule has 0 saturated carbocycles. The Hall–Kier alpha value is -2.98. The smallest absolute Gasteiger partial charge is 0.265 e. The fourth-order valence-corrected chi connectivity index (χ4v) is 5.32. The van der Waals surface area contributed by atoms with E-state index in [-0.39, 0.29) is 23.1 Å². The molecule has 10 heteroatoms. The topological polar surface area (TPSA) is 81.8 Å². The van der Waals surface area contributed by atoms with Crippen molar-refractivity contribution in [3.8, 4) is 5.69 Å². The van der Waals surface area contributed by atoms with Crippen LogP contribution in [-0.2, 0) is 16.6 Å². The maximum absolute atomic E-state index is 13.9. The lowest BCUT2D eigenvalue weighted by atomic mass is 10.2. The molecule has 0 radical (unpaired) electrons. The number of rotatable bonds is 6. The van der Waals surface area contributed by atoms with Crippen LogP contribution in [0.5, 0.6) is 0 Å². The number of hydrogen-bond acceptors (Lipinski definition) is 4. The summed E-state index contributed by atoms with van der Waals surface area (Å²) in [5.74, 6) is -0.238. The summed E-state index contributed by atoms with van der Waals surface area (Å²) < 4.78 is 46.3. The number of halogens is 2. The molecular weight excluding hydrogens is 485 g/mol. The molecule has 0 aliphatic rings. The van der Waals surface area contributed by atoms with Gasteiger partial charge in [0.25, 0.3) is 10.0 Å². The van der Waals surface area contributed by atoms with E-state index in [0.717, 1.165) is 5.69 Å². The van der Waals surface area contributed by atoms with E-state index in [2.05, 4.69) is 30.8 Å². The third kappa shape index (κ3) is 4.26. The Balaban J connectivity index is 1.64. The second kappa shape index (κ2) is 8.27. The van der Waals surface area contributed by atoms with Gasteiger partial charge in [-0.05, 0) is 48.0 Å².